The van der Waals surface area contributed by atoms with Gasteiger partial charge in [-0.1, -0.05) is 0 Å². The van der Waals surface area contributed by atoms with Crippen LogP contribution in [-0.4, -0.2) is 21.6 Å². The van der Waals surface area contributed by atoms with Gasteiger partial charge in [0.15, 0.2) is 0 Å². The summed E-state index contributed by atoms with van der Waals surface area (Å²) in [5, 5.41) is 3.74. The lowest BCUT2D eigenvalue weighted by molar-refractivity contribution is 0.465. The summed E-state index contributed by atoms with van der Waals surface area (Å²) in [4.78, 5) is 8.02. The molecule has 2 heterocycles. The molecule has 0 aliphatic heterocycles. The van der Waals surface area contributed by atoms with E-state index in [0.29, 0.717) is 5.82 Å². The molecule has 2 rings (SSSR count). The normalized spacial score (nSPS) is 13.3. The summed E-state index contributed by atoms with van der Waals surface area (Å²) in [6, 6.07) is 1.85. The van der Waals surface area contributed by atoms with Crippen molar-refractivity contribution >= 4 is 16.9 Å². The highest BCUT2D eigenvalue weighted by atomic mass is 15.3. The molecule has 1 atom stereocenters. The molecule has 6 heteroatoms. The van der Waals surface area contributed by atoms with Crippen LogP contribution in [0.5, 0.6) is 0 Å². The Morgan fingerprint density at radius 3 is 3.00 bits per heavy atom. The summed E-state index contributed by atoms with van der Waals surface area (Å²) in [5.41, 5.74) is 12.2. The van der Waals surface area contributed by atoms with Crippen molar-refractivity contribution < 1.29 is 0 Å². The maximum absolute atomic E-state index is 5.81. The molecule has 1 unspecified atom stereocenters. The molecule has 2 aromatic heterocycles. The fraction of sp³-hybridized carbons (Fsp3) is 0.250. The second-order valence-electron chi connectivity index (χ2n) is 2.95. The number of rotatable bonds is 2. The second-order valence-corrected chi connectivity index (χ2v) is 2.95. The van der Waals surface area contributed by atoms with Gasteiger partial charge in [0.05, 0.1) is 5.39 Å². The molecule has 0 aromatic carbocycles. The molecule has 6 nitrogen and oxygen atoms in total. The summed E-state index contributed by atoms with van der Waals surface area (Å²) in [5.74, 6) is 0.469. The van der Waals surface area contributed by atoms with Crippen LogP contribution in [0.15, 0.2) is 18.6 Å². The third-order valence-corrected chi connectivity index (χ3v) is 2.14. The van der Waals surface area contributed by atoms with Crippen molar-refractivity contribution in [3.63, 3.8) is 0 Å². The first-order chi connectivity index (χ1) is 6.74. The van der Waals surface area contributed by atoms with Crippen molar-refractivity contribution in [1.29, 1.82) is 0 Å². The summed E-state index contributed by atoms with van der Waals surface area (Å²) >= 11 is 0. The maximum atomic E-state index is 5.81. The van der Waals surface area contributed by atoms with Crippen LogP contribution in [0.3, 0.4) is 0 Å². The Labute approximate surface area is 80.9 Å². The Kier molecular flexibility index (Phi) is 2.06. The molecule has 0 bridgehead atoms. The van der Waals surface area contributed by atoms with Crippen molar-refractivity contribution in [3.8, 4) is 0 Å². The highest BCUT2D eigenvalue weighted by molar-refractivity contribution is 5.86. The number of anilines is 1. The Bertz CT molecular complexity index is 448. The van der Waals surface area contributed by atoms with E-state index in [1.54, 1.807) is 11.6 Å². The van der Waals surface area contributed by atoms with Crippen LogP contribution < -0.4 is 16.8 Å². The summed E-state index contributed by atoms with van der Waals surface area (Å²) in [6.45, 7) is 0. The SMILES string of the molecule is CNC(N)n1ccc2c(N)ncnc21. The Morgan fingerprint density at radius 2 is 2.29 bits per heavy atom. The van der Waals surface area contributed by atoms with Gasteiger partial charge >= 0.3 is 0 Å². The van der Waals surface area contributed by atoms with Gasteiger partial charge in [-0.2, -0.15) is 0 Å². The van der Waals surface area contributed by atoms with E-state index in [9.17, 15) is 0 Å². The molecule has 0 fully saturated rings. The van der Waals surface area contributed by atoms with E-state index in [4.69, 9.17) is 11.5 Å². The van der Waals surface area contributed by atoms with E-state index in [1.165, 1.54) is 6.33 Å². The standard InChI is InChI=1S/C8H12N6/c1-11-8(10)14-3-2-5-6(9)12-4-13-7(5)14/h2-4,8,11H,10H2,1H3,(H2,9,12,13). The maximum Gasteiger partial charge on any atom is 0.147 e. The molecular formula is C8H12N6. The monoisotopic (exact) mass is 192 g/mol. The Hall–Kier alpha value is -1.66. The van der Waals surface area contributed by atoms with Crippen LogP contribution in [0.25, 0.3) is 11.0 Å². The van der Waals surface area contributed by atoms with Gasteiger partial charge in [-0.3, -0.25) is 11.1 Å². The minimum Gasteiger partial charge on any atom is -0.383 e. The van der Waals surface area contributed by atoms with Crippen LogP contribution >= 0.6 is 0 Å². The van der Waals surface area contributed by atoms with E-state index < -0.39 is 0 Å². The molecule has 14 heavy (non-hydrogen) atoms. The minimum absolute atomic E-state index is 0.304. The smallest absolute Gasteiger partial charge is 0.147 e. The van der Waals surface area contributed by atoms with Gasteiger partial charge in [0, 0.05) is 6.20 Å². The van der Waals surface area contributed by atoms with Crippen LogP contribution in [0.4, 0.5) is 5.82 Å². The zero-order valence-electron chi connectivity index (χ0n) is 7.81. The number of nitrogens with zero attached hydrogens (tertiary/aromatic N) is 3. The second kappa shape index (κ2) is 3.24. The van der Waals surface area contributed by atoms with Crippen molar-refractivity contribution in [2.75, 3.05) is 12.8 Å². The van der Waals surface area contributed by atoms with E-state index >= 15 is 0 Å². The van der Waals surface area contributed by atoms with Crippen LogP contribution in [0, 0.1) is 0 Å². The molecule has 0 radical (unpaired) electrons. The van der Waals surface area contributed by atoms with Crippen molar-refractivity contribution in [3.05, 3.63) is 18.6 Å². The molecule has 74 valence electrons. The number of hydrogen-bond acceptors (Lipinski definition) is 5. The number of hydrogen-bond donors (Lipinski definition) is 3. The highest BCUT2D eigenvalue weighted by Gasteiger charge is 2.09. The molecule has 5 N–H and O–H groups in total. The average Bonchev–Trinajstić information content (AvgIpc) is 2.62. The molecule has 0 saturated heterocycles. The third-order valence-electron chi connectivity index (χ3n) is 2.14. The molecular weight excluding hydrogens is 180 g/mol. The molecule has 0 amide bonds. The highest BCUT2D eigenvalue weighted by Crippen LogP contribution is 2.18. The van der Waals surface area contributed by atoms with Gasteiger partial charge in [-0.15, -0.1) is 0 Å². The zero-order valence-corrected chi connectivity index (χ0v) is 7.81. The molecule has 0 saturated carbocycles. The van der Waals surface area contributed by atoms with E-state index in [-0.39, 0.29) is 6.29 Å². The van der Waals surface area contributed by atoms with Gasteiger partial charge in [-0.25, -0.2) is 9.97 Å². The summed E-state index contributed by atoms with van der Waals surface area (Å²) in [6.07, 6.45) is 2.95. The summed E-state index contributed by atoms with van der Waals surface area (Å²) in [7, 11) is 1.78. The van der Waals surface area contributed by atoms with Gasteiger partial charge in [0.2, 0.25) is 0 Å². The first-order valence-corrected chi connectivity index (χ1v) is 4.24. The van der Waals surface area contributed by atoms with Crippen molar-refractivity contribution in [1.82, 2.24) is 19.9 Å². The van der Waals surface area contributed by atoms with Crippen LogP contribution in [0.2, 0.25) is 0 Å². The van der Waals surface area contributed by atoms with E-state index in [0.717, 1.165) is 11.0 Å². The van der Waals surface area contributed by atoms with Crippen molar-refractivity contribution in [2.24, 2.45) is 5.73 Å². The van der Waals surface area contributed by atoms with Gasteiger partial charge in [0.1, 0.15) is 24.1 Å². The first-order valence-electron chi connectivity index (χ1n) is 4.24. The van der Waals surface area contributed by atoms with Crippen LogP contribution in [0.1, 0.15) is 6.29 Å². The Morgan fingerprint density at radius 1 is 1.50 bits per heavy atom. The average molecular weight is 192 g/mol. The number of fused-ring (bicyclic) bond motifs is 1. The van der Waals surface area contributed by atoms with Gasteiger partial charge < -0.3 is 10.3 Å². The number of nitrogen functional groups attached to an aromatic ring is 1. The van der Waals surface area contributed by atoms with E-state index in [2.05, 4.69) is 15.3 Å². The minimum atomic E-state index is -0.304. The first kappa shape index (κ1) is 8.92. The summed E-state index contributed by atoms with van der Waals surface area (Å²) < 4.78 is 1.80. The predicted octanol–water partition coefficient (Wildman–Crippen LogP) is -0.352. The van der Waals surface area contributed by atoms with Gasteiger partial charge in [-0.05, 0) is 13.1 Å². The lowest BCUT2D eigenvalue weighted by Gasteiger charge is -2.12. The van der Waals surface area contributed by atoms with E-state index in [1.807, 2.05) is 12.3 Å². The predicted molar refractivity (Wildman–Crippen MR) is 54.2 cm³/mol. The lowest BCUT2D eigenvalue weighted by Crippen LogP contribution is -2.30. The van der Waals surface area contributed by atoms with Gasteiger partial charge in [0.25, 0.3) is 0 Å². The topological polar surface area (TPSA) is 94.8 Å². The third kappa shape index (κ3) is 1.21. The molecule has 2 aromatic rings. The van der Waals surface area contributed by atoms with Crippen LogP contribution in [-0.2, 0) is 0 Å². The fourth-order valence-electron chi connectivity index (χ4n) is 1.35. The Balaban J connectivity index is 2.63. The quantitative estimate of drug-likeness (QED) is 0.565. The number of aromatic nitrogens is 3. The molecule has 0 spiro atoms. The number of nitrogens with one attached hydrogen (secondary N) is 1. The lowest BCUT2D eigenvalue weighted by atomic mass is 10.4. The van der Waals surface area contributed by atoms with Crippen molar-refractivity contribution in [2.45, 2.75) is 6.29 Å². The molecule has 0 aliphatic carbocycles. The fourth-order valence-corrected chi connectivity index (χ4v) is 1.35. The number of nitrogens with two attached hydrogens (primary N) is 2. The largest absolute Gasteiger partial charge is 0.383 e. The molecule has 0 aliphatic rings. The zero-order chi connectivity index (χ0) is 10.1.